The van der Waals surface area contributed by atoms with Crippen molar-refractivity contribution in [2.45, 2.75) is 59.2 Å². The van der Waals surface area contributed by atoms with Crippen molar-refractivity contribution in [3.05, 3.63) is 65.2 Å². The van der Waals surface area contributed by atoms with Crippen LogP contribution in [0.3, 0.4) is 0 Å². The highest BCUT2D eigenvalue weighted by Crippen LogP contribution is 2.18. The van der Waals surface area contributed by atoms with Crippen molar-refractivity contribution in [3.8, 4) is 5.75 Å². The minimum absolute atomic E-state index is 0.0896. The van der Waals surface area contributed by atoms with Gasteiger partial charge in [-0.3, -0.25) is 9.59 Å². The van der Waals surface area contributed by atoms with Crippen molar-refractivity contribution in [1.82, 2.24) is 10.2 Å². The minimum atomic E-state index is -0.599. The van der Waals surface area contributed by atoms with Gasteiger partial charge in [0.15, 0.2) is 0 Å². The van der Waals surface area contributed by atoms with Crippen LogP contribution in [0.4, 0.5) is 0 Å². The standard InChI is InChI=1S/C24H32N2O3/c1-17-10-12-19(13-11-17)15-22(27)26(18(2)23(28)25-24(3,4)5)16-20-8-7-9-21(14-20)29-6/h7-14,18H,15-16H2,1-6H3,(H,25,28). The van der Waals surface area contributed by atoms with Crippen molar-refractivity contribution < 1.29 is 14.3 Å². The molecule has 0 bridgehead atoms. The first-order chi connectivity index (χ1) is 13.6. The number of hydrogen-bond acceptors (Lipinski definition) is 3. The predicted octanol–water partition coefficient (Wildman–Crippen LogP) is 3.88. The molecule has 1 N–H and O–H groups in total. The SMILES string of the molecule is COc1cccc(CN(C(=O)Cc2ccc(C)cc2)C(C)C(=O)NC(C)(C)C)c1. The number of rotatable bonds is 7. The van der Waals surface area contributed by atoms with Gasteiger partial charge in [0.1, 0.15) is 11.8 Å². The Bertz CT molecular complexity index is 838. The number of hydrogen-bond donors (Lipinski definition) is 1. The third kappa shape index (κ3) is 6.93. The molecule has 0 aliphatic heterocycles. The Morgan fingerprint density at radius 3 is 2.31 bits per heavy atom. The molecule has 2 rings (SSSR count). The zero-order chi connectivity index (χ0) is 21.6. The molecular weight excluding hydrogens is 364 g/mol. The Labute approximate surface area is 174 Å². The van der Waals surface area contributed by atoms with Crippen molar-refractivity contribution in [3.63, 3.8) is 0 Å². The van der Waals surface area contributed by atoms with E-state index in [2.05, 4.69) is 5.32 Å². The Hall–Kier alpha value is -2.82. The molecule has 0 radical (unpaired) electrons. The number of amides is 2. The Kier molecular flexibility index (Phi) is 7.43. The lowest BCUT2D eigenvalue weighted by Crippen LogP contribution is -2.52. The number of nitrogens with zero attached hydrogens (tertiary/aromatic N) is 1. The molecule has 0 aliphatic rings. The molecule has 2 aromatic carbocycles. The number of methoxy groups -OCH3 is 1. The van der Waals surface area contributed by atoms with Gasteiger partial charge in [-0.25, -0.2) is 0 Å². The summed E-state index contributed by atoms with van der Waals surface area (Å²) in [6, 6.07) is 14.9. The van der Waals surface area contributed by atoms with Gasteiger partial charge in [0.2, 0.25) is 11.8 Å². The number of carbonyl (C=O) groups excluding carboxylic acids is 2. The van der Waals surface area contributed by atoms with Crippen LogP contribution in [-0.4, -0.2) is 35.4 Å². The summed E-state index contributed by atoms with van der Waals surface area (Å²) in [7, 11) is 1.61. The van der Waals surface area contributed by atoms with Crippen LogP contribution in [0.15, 0.2) is 48.5 Å². The van der Waals surface area contributed by atoms with Gasteiger partial charge in [-0.05, 0) is 57.9 Å². The van der Waals surface area contributed by atoms with E-state index in [4.69, 9.17) is 4.74 Å². The summed E-state index contributed by atoms with van der Waals surface area (Å²) in [4.78, 5) is 27.6. The molecule has 2 aromatic rings. The molecule has 1 atom stereocenters. The molecule has 0 aromatic heterocycles. The quantitative estimate of drug-likeness (QED) is 0.773. The molecule has 29 heavy (non-hydrogen) atoms. The molecule has 0 fully saturated rings. The molecule has 0 saturated heterocycles. The zero-order valence-corrected chi connectivity index (χ0v) is 18.3. The number of carbonyl (C=O) groups is 2. The maximum atomic E-state index is 13.2. The summed E-state index contributed by atoms with van der Waals surface area (Å²) < 4.78 is 5.29. The summed E-state index contributed by atoms with van der Waals surface area (Å²) in [5.41, 5.74) is 2.62. The number of aryl methyl sites for hydroxylation is 1. The summed E-state index contributed by atoms with van der Waals surface area (Å²) >= 11 is 0. The molecule has 156 valence electrons. The van der Waals surface area contributed by atoms with Crippen molar-refractivity contribution in [2.24, 2.45) is 0 Å². The second-order valence-electron chi connectivity index (χ2n) is 8.45. The van der Waals surface area contributed by atoms with Gasteiger partial charge in [0.05, 0.1) is 13.5 Å². The zero-order valence-electron chi connectivity index (χ0n) is 18.3. The fraction of sp³-hybridized carbons (Fsp3) is 0.417. The van der Waals surface area contributed by atoms with E-state index in [1.807, 2.05) is 76.2 Å². The van der Waals surface area contributed by atoms with Crippen LogP contribution in [0.25, 0.3) is 0 Å². The smallest absolute Gasteiger partial charge is 0.242 e. The van der Waals surface area contributed by atoms with Crippen LogP contribution in [0.2, 0.25) is 0 Å². The highest BCUT2D eigenvalue weighted by atomic mass is 16.5. The highest BCUT2D eigenvalue weighted by molar-refractivity contribution is 5.88. The van der Waals surface area contributed by atoms with Gasteiger partial charge in [-0.15, -0.1) is 0 Å². The van der Waals surface area contributed by atoms with E-state index in [0.29, 0.717) is 6.54 Å². The lowest BCUT2D eigenvalue weighted by atomic mass is 10.1. The van der Waals surface area contributed by atoms with E-state index in [-0.39, 0.29) is 23.8 Å². The second-order valence-corrected chi connectivity index (χ2v) is 8.45. The van der Waals surface area contributed by atoms with Crippen LogP contribution < -0.4 is 10.1 Å². The molecule has 5 heteroatoms. The highest BCUT2D eigenvalue weighted by Gasteiger charge is 2.28. The minimum Gasteiger partial charge on any atom is -0.497 e. The molecule has 5 nitrogen and oxygen atoms in total. The monoisotopic (exact) mass is 396 g/mol. The second kappa shape index (κ2) is 9.59. The number of benzene rings is 2. The predicted molar refractivity (Wildman–Crippen MR) is 116 cm³/mol. The van der Waals surface area contributed by atoms with Crippen LogP contribution >= 0.6 is 0 Å². The van der Waals surface area contributed by atoms with E-state index in [9.17, 15) is 9.59 Å². The van der Waals surface area contributed by atoms with E-state index < -0.39 is 6.04 Å². The van der Waals surface area contributed by atoms with Gasteiger partial charge >= 0.3 is 0 Å². The Morgan fingerprint density at radius 2 is 1.72 bits per heavy atom. The van der Waals surface area contributed by atoms with Crippen LogP contribution in [-0.2, 0) is 22.6 Å². The van der Waals surface area contributed by atoms with Gasteiger partial charge in [-0.2, -0.15) is 0 Å². The van der Waals surface area contributed by atoms with E-state index >= 15 is 0 Å². The average Bonchev–Trinajstić information content (AvgIpc) is 2.66. The molecule has 0 spiro atoms. The van der Waals surface area contributed by atoms with Gasteiger partial charge < -0.3 is 15.0 Å². The largest absolute Gasteiger partial charge is 0.497 e. The van der Waals surface area contributed by atoms with Gasteiger partial charge in [-0.1, -0.05) is 42.0 Å². The lowest BCUT2D eigenvalue weighted by Gasteiger charge is -2.31. The first-order valence-corrected chi connectivity index (χ1v) is 9.89. The topological polar surface area (TPSA) is 58.6 Å². The average molecular weight is 397 g/mol. The maximum absolute atomic E-state index is 13.2. The molecule has 0 aliphatic carbocycles. The lowest BCUT2D eigenvalue weighted by molar-refractivity contribution is -0.140. The fourth-order valence-electron chi connectivity index (χ4n) is 3.01. The van der Waals surface area contributed by atoms with Crippen molar-refractivity contribution >= 4 is 11.8 Å². The Morgan fingerprint density at radius 1 is 1.07 bits per heavy atom. The summed E-state index contributed by atoms with van der Waals surface area (Å²) in [5.74, 6) is 0.464. The van der Waals surface area contributed by atoms with E-state index in [1.54, 1.807) is 18.9 Å². The van der Waals surface area contributed by atoms with E-state index in [0.717, 1.165) is 22.4 Å². The number of ether oxygens (including phenoxy) is 1. The maximum Gasteiger partial charge on any atom is 0.242 e. The van der Waals surface area contributed by atoms with Crippen LogP contribution in [0, 0.1) is 6.92 Å². The Balaban J connectivity index is 2.26. The third-order valence-electron chi connectivity index (χ3n) is 4.63. The van der Waals surface area contributed by atoms with Crippen molar-refractivity contribution in [2.75, 3.05) is 7.11 Å². The summed E-state index contributed by atoms with van der Waals surface area (Å²) in [5, 5.41) is 2.98. The molecule has 2 amide bonds. The first kappa shape index (κ1) is 22.5. The van der Waals surface area contributed by atoms with Gasteiger partial charge in [0, 0.05) is 12.1 Å². The van der Waals surface area contributed by atoms with E-state index in [1.165, 1.54) is 0 Å². The molecular formula is C24H32N2O3. The molecule has 1 unspecified atom stereocenters. The number of nitrogens with one attached hydrogen (secondary N) is 1. The summed E-state index contributed by atoms with van der Waals surface area (Å²) in [6.07, 6.45) is 0.247. The third-order valence-corrected chi connectivity index (χ3v) is 4.63. The normalized spacial score (nSPS) is 12.2. The van der Waals surface area contributed by atoms with Crippen molar-refractivity contribution in [1.29, 1.82) is 0 Å². The first-order valence-electron chi connectivity index (χ1n) is 9.89. The fourth-order valence-corrected chi connectivity index (χ4v) is 3.01. The van der Waals surface area contributed by atoms with Gasteiger partial charge in [0.25, 0.3) is 0 Å². The molecule has 0 saturated carbocycles. The molecule has 0 heterocycles. The van der Waals surface area contributed by atoms with Crippen LogP contribution in [0.5, 0.6) is 5.75 Å². The van der Waals surface area contributed by atoms with Crippen LogP contribution in [0.1, 0.15) is 44.4 Å². The summed E-state index contributed by atoms with van der Waals surface area (Å²) in [6.45, 7) is 9.91.